The Morgan fingerprint density at radius 2 is 1.80 bits per heavy atom. The van der Waals surface area contributed by atoms with Crippen molar-refractivity contribution in [2.24, 2.45) is 0 Å². The quantitative estimate of drug-likeness (QED) is 0.769. The maximum Gasteiger partial charge on any atom is 0.0415 e. The molecule has 3 rings (SSSR count). The van der Waals surface area contributed by atoms with E-state index in [1.807, 2.05) is 0 Å². The van der Waals surface area contributed by atoms with Crippen LogP contribution in [-0.2, 0) is 0 Å². The van der Waals surface area contributed by atoms with Gasteiger partial charge in [0.15, 0.2) is 0 Å². The Kier molecular flexibility index (Phi) is 2.37. The maximum absolute atomic E-state index is 3.70. The van der Waals surface area contributed by atoms with Gasteiger partial charge in [-0.25, -0.2) is 0 Å². The summed E-state index contributed by atoms with van der Waals surface area (Å²) in [5, 5.41) is 7.34. The van der Waals surface area contributed by atoms with Crippen molar-refractivity contribution in [1.29, 1.82) is 0 Å². The van der Waals surface area contributed by atoms with E-state index in [4.69, 9.17) is 0 Å². The number of para-hydroxylation sites is 1. The van der Waals surface area contributed by atoms with Crippen molar-refractivity contribution in [3.05, 3.63) is 30.3 Å². The summed E-state index contributed by atoms with van der Waals surface area (Å²) in [6.07, 6.45) is 5.37. The third-order valence-electron chi connectivity index (χ3n) is 3.71. The number of hydrogen-bond acceptors (Lipinski definition) is 2. The zero-order chi connectivity index (χ0) is 10.1. The molecule has 3 unspecified atom stereocenters. The van der Waals surface area contributed by atoms with E-state index in [0.29, 0.717) is 12.1 Å². The molecule has 80 valence electrons. The number of fused-ring (bicyclic) bond motifs is 2. The molecule has 2 fully saturated rings. The lowest BCUT2D eigenvalue weighted by Gasteiger charge is -2.31. The fraction of sp³-hybridized carbons (Fsp3) is 0.538. The standard InChI is InChI=1S/C13H18N2/c1-2-4-10(5-3-1)14-12-8-6-11-7-9-13(12)15-11/h1-5,11-15H,6-9H2. The van der Waals surface area contributed by atoms with Crippen molar-refractivity contribution in [1.82, 2.24) is 5.32 Å². The zero-order valence-corrected chi connectivity index (χ0v) is 8.95. The van der Waals surface area contributed by atoms with E-state index in [0.717, 1.165) is 6.04 Å². The lowest BCUT2D eigenvalue weighted by molar-refractivity contribution is 0.375. The van der Waals surface area contributed by atoms with Gasteiger partial charge in [0.2, 0.25) is 0 Å². The van der Waals surface area contributed by atoms with E-state index >= 15 is 0 Å². The molecule has 2 aliphatic rings. The van der Waals surface area contributed by atoms with Crippen molar-refractivity contribution >= 4 is 5.69 Å². The molecule has 1 aromatic carbocycles. The molecule has 15 heavy (non-hydrogen) atoms. The summed E-state index contributed by atoms with van der Waals surface area (Å²) < 4.78 is 0. The van der Waals surface area contributed by atoms with Gasteiger partial charge in [-0.2, -0.15) is 0 Å². The first kappa shape index (κ1) is 9.22. The molecule has 3 atom stereocenters. The van der Waals surface area contributed by atoms with Crippen molar-refractivity contribution in [3.63, 3.8) is 0 Å². The van der Waals surface area contributed by atoms with Crippen LogP contribution in [0.1, 0.15) is 25.7 Å². The van der Waals surface area contributed by atoms with Crippen LogP contribution in [0.15, 0.2) is 30.3 Å². The van der Waals surface area contributed by atoms with Crippen LogP contribution >= 0.6 is 0 Å². The van der Waals surface area contributed by atoms with E-state index in [-0.39, 0.29) is 0 Å². The Labute approximate surface area is 91.1 Å². The number of rotatable bonds is 2. The Morgan fingerprint density at radius 3 is 2.67 bits per heavy atom. The predicted octanol–water partition coefficient (Wildman–Crippen LogP) is 2.38. The minimum absolute atomic E-state index is 0.631. The first-order valence-electron chi connectivity index (χ1n) is 5.99. The second kappa shape index (κ2) is 3.86. The van der Waals surface area contributed by atoms with Gasteiger partial charge in [-0.3, -0.25) is 0 Å². The molecule has 0 aromatic heterocycles. The molecule has 2 heteroatoms. The van der Waals surface area contributed by atoms with E-state index in [1.54, 1.807) is 0 Å². The van der Waals surface area contributed by atoms with Gasteiger partial charge < -0.3 is 10.6 Å². The van der Waals surface area contributed by atoms with Gasteiger partial charge in [-0.1, -0.05) is 18.2 Å². The highest BCUT2D eigenvalue weighted by Crippen LogP contribution is 2.28. The average Bonchev–Trinajstić information content (AvgIpc) is 2.67. The van der Waals surface area contributed by atoms with Crippen LogP contribution in [0, 0.1) is 0 Å². The number of hydrogen-bond donors (Lipinski definition) is 2. The fourth-order valence-electron chi connectivity index (χ4n) is 2.90. The molecule has 2 heterocycles. The first-order valence-corrected chi connectivity index (χ1v) is 5.99. The molecule has 2 nitrogen and oxygen atoms in total. The fourth-order valence-corrected chi connectivity index (χ4v) is 2.90. The summed E-state index contributed by atoms with van der Waals surface area (Å²) in [5.74, 6) is 0. The summed E-state index contributed by atoms with van der Waals surface area (Å²) >= 11 is 0. The van der Waals surface area contributed by atoms with Crippen LogP contribution < -0.4 is 10.6 Å². The molecule has 2 bridgehead atoms. The highest BCUT2D eigenvalue weighted by Gasteiger charge is 2.34. The molecular weight excluding hydrogens is 184 g/mol. The molecule has 0 saturated carbocycles. The van der Waals surface area contributed by atoms with Crippen LogP contribution in [0.25, 0.3) is 0 Å². The van der Waals surface area contributed by atoms with Gasteiger partial charge in [0.25, 0.3) is 0 Å². The Morgan fingerprint density at radius 1 is 1.00 bits per heavy atom. The van der Waals surface area contributed by atoms with Crippen LogP contribution in [0.3, 0.4) is 0 Å². The van der Waals surface area contributed by atoms with Gasteiger partial charge >= 0.3 is 0 Å². The van der Waals surface area contributed by atoms with Gasteiger partial charge in [-0.15, -0.1) is 0 Å². The van der Waals surface area contributed by atoms with E-state index < -0.39 is 0 Å². The minimum Gasteiger partial charge on any atom is -0.381 e. The van der Waals surface area contributed by atoms with Crippen molar-refractivity contribution < 1.29 is 0 Å². The summed E-state index contributed by atoms with van der Waals surface area (Å²) in [6.45, 7) is 0. The maximum atomic E-state index is 3.70. The Hall–Kier alpha value is -1.02. The summed E-state index contributed by atoms with van der Waals surface area (Å²) in [7, 11) is 0. The first-order chi connectivity index (χ1) is 7.42. The largest absolute Gasteiger partial charge is 0.381 e. The highest BCUT2D eigenvalue weighted by atomic mass is 15.1. The minimum atomic E-state index is 0.631. The van der Waals surface area contributed by atoms with Crippen molar-refractivity contribution in [2.45, 2.75) is 43.8 Å². The topological polar surface area (TPSA) is 24.1 Å². The third kappa shape index (κ3) is 1.86. The smallest absolute Gasteiger partial charge is 0.0415 e. The molecule has 0 amide bonds. The van der Waals surface area contributed by atoms with E-state index in [2.05, 4.69) is 41.0 Å². The van der Waals surface area contributed by atoms with E-state index in [1.165, 1.54) is 31.4 Å². The number of anilines is 1. The van der Waals surface area contributed by atoms with Gasteiger partial charge in [-0.05, 0) is 37.8 Å². The normalized spacial score (nSPS) is 34.0. The molecule has 2 N–H and O–H groups in total. The summed E-state index contributed by atoms with van der Waals surface area (Å²) in [4.78, 5) is 0. The second-order valence-corrected chi connectivity index (χ2v) is 4.74. The van der Waals surface area contributed by atoms with Gasteiger partial charge in [0.1, 0.15) is 0 Å². The molecule has 0 radical (unpaired) electrons. The number of piperidine rings is 1. The van der Waals surface area contributed by atoms with Gasteiger partial charge in [0.05, 0.1) is 0 Å². The third-order valence-corrected chi connectivity index (χ3v) is 3.71. The second-order valence-electron chi connectivity index (χ2n) is 4.74. The SMILES string of the molecule is c1ccc(NC2CCC3CCC2N3)cc1. The molecule has 1 aromatic rings. The molecule has 0 aliphatic carbocycles. The van der Waals surface area contributed by atoms with Crippen LogP contribution in [-0.4, -0.2) is 18.1 Å². The highest BCUT2D eigenvalue weighted by molar-refractivity contribution is 5.44. The van der Waals surface area contributed by atoms with Crippen molar-refractivity contribution in [2.75, 3.05) is 5.32 Å². The van der Waals surface area contributed by atoms with Crippen LogP contribution in [0.2, 0.25) is 0 Å². The Balaban J connectivity index is 1.68. The predicted molar refractivity (Wildman–Crippen MR) is 63.0 cm³/mol. The number of nitrogens with one attached hydrogen (secondary N) is 2. The molecule has 2 saturated heterocycles. The molecule has 2 aliphatic heterocycles. The monoisotopic (exact) mass is 202 g/mol. The van der Waals surface area contributed by atoms with Crippen LogP contribution in [0.4, 0.5) is 5.69 Å². The molecular formula is C13H18N2. The number of benzene rings is 1. The zero-order valence-electron chi connectivity index (χ0n) is 8.95. The average molecular weight is 202 g/mol. The summed E-state index contributed by atoms with van der Waals surface area (Å²) in [5.41, 5.74) is 1.26. The van der Waals surface area contributed by atoms with Crippen molar-refractivity contribution in [3.8, 4) is 0 Å². The summed E-state index contributed by atoms with van der Waals surface area (Å²) in [6, 6.07) is 12.7. The van der Waals surface area contributed by atoms with Gasteiger partial charge in [0, 0.05) is 23.8 Å². The Bertz CT molecular complexity index is 323. The lowest BCUT2D eigenvalue weighted by Crippen LogP contribution is -2.47. The molecule has 0 spiro atoms. The van der Waals surface area contributed by atoms with E-state index in [9.17, 15) is 0 Å². The lowest BCUT2D eigenvalue weighted by atomic mass is 9.99. The van der Waals surface area contributed by atoms with Crippen LogP contribution in [0.5, 0.6) is 0 Å².